The van der Waals surface area contributed by atoms with Crippen LogP contribution in [-0.2, 0) is 19.1 Å². The van der Waals surface area contributed by atoms with Gasteiger partial charge in [0.2, 0.25) is 5.91 Å². The maximum Gasteiger partial charge on any atom is 0.309 e. The molecule has 0 atom stereocenters. The van der Waals surface area contributed by atoms with Gasteiger partial charge in [0.15, 0.2) is 6.61 Å². The summed E-state index contributed by atoms with van der Waals surface area (Å²) in [7, 11) is 1.47. The molecule has 0 unspecified atom stereocenters. The van der Waals surface area contributed by atoms with Crippen LogP contribution in [0.3, 0.4) is 0 Å². The van der Waals surface area contributed by atoms with E-state index in [2.05, 4.69) is 5.32 Å². The molecule has 0 heterocycles. The monoisotopic (exact) mass is 372 g/mol. The van der Waals surface area contributed by atoms with E-state index >= 15 is 0 Å². The van der Waals surface area contributed by atoms with Gasteiger partial charge in [0, 0.05) is 12.7 Å². The number of carbonyl (C=O) groups is 3. The third-order valence-corrected chi connectivity index (χ3v) is 4.53. The number of nitrogens with zero attached hydrogens (tertiary/aromatic N) is 1. The van der Waals surface area contributed by atoms with Crippen molar-refractivity contribution >= 4 is 46.7 Å². The Morgan fingerprint density at radius 3 is 2.54 bits per heavy atom. The van der Waals surface area contributed by atoms with Gasteiger partial charge in [0.25, 0.3) is 5.91 Å². The van der Waals surface area contributed by atoms with Crippen molar-refractivity contribution in [1.82, 2.24) is 4.90 Å². The fourth-order valence-corrected chi connectivity index (χ4v) is 2.38. The van der Waals surface area contributed by atoms with Crippen molar-refractivity contribution < 1.29 is 19.1 Å². The van der Waals surface area contributed by atoms with Gasteiger partial charge < -0.3 is 15.0 Å². The Kier molecular flexibility index (Phi) is 6.45. The van der Waals surface area contributed by atoms with E-state index in [4.69, 9.17) is 27.9 Å². The second-order valence-corrected chi connectivity index (χ2v) is 6.48. The largest absolute Gasteiger partial charge is 0.455 e. The fraction of sp³-hybridized carbons (Fsp3) is 0.438. The molecule has 0 saturated heterocycles. The summed E-state index contributed by atoms with van der Waals surface area (Å²) in [6, 6.07) is 4.69. The van der Waals surface area contributed by atoms with E-state index < -0.39 is 11.8 Å². The van der Waals surface area contributed by atoms with Crippen LogP contribution in [-0.4, -0.2) is 42.9 Å². The highest BCUT2D eigenvalue weighted by atomic mass is 35.5. The van der Waals surface area contributed by atoms with Gasteiger partial charge in [0.1, 0.15) is 0 Å². The molecule has 1 aliphatic rings. The third kappa shape index (κ3) is 5.11. The van der Waals surface area contributed by atoms with Crippen LogP contribution >= 0.6 is 23.2 Å². The summed E-state index contributed by atoms with van der Waals surface area (Å²) in [5, 5.41) is 3.32. The number of rotatable bonds is 6. The fourth-order valence-electron chi connectivity index (χ4n) is 2.08. The zero-order chi connectivity index (χ0) is 17.7. The van der Waals surface area contributed by atoms with Crippen molar-refractivity contribution in [2.24, 2.45) is 5.92 Å². The summed E-state index contributed by atoms with van der Waals surface area (Å²) in [5.74, 6) is -1.26. The Hall–Kier alpha value is -1.79. The second kappa shape index (κ2) is 8.35. The predicted octanol–water partition coefficient (Wildman–Crippen LogP) is 2.73. The molecule has 1 saturated carbocycles. The molecule has 0 aliphatic heterocycles. The Balaban J connectivity index is 1.76. The first-order chi connectivity index (χ1) is 11.4. The van der Waals surface area contributed by atoms with E-state index in [1.807, 2.05) is 0 Å². The van der Waals surface area contributed by atoms with Crippen molar-refractivity contribution in [3.63, 3.8) is 0 Å². The van der Waals surface area contributed by atoms with Crippen LogP contribution in [0.15, 0.2) is 18.2 Å². The van der Waals surface area contributed by atoms with Gasteiger partial charge in [-0.1, -0.05) is 29.6 Å². The number of halogens is 2. The standard InChI is InChI=1S/C16H18Cl2N2O4/c1-20(15(22)9-24-16(23)10-3-2-4-10)8-14(21)19-11-5-6-12(17)13(18)7-11/h5-7,10H,2-4,8-9H2,1H3,(H,19,21). The maximum atomic E-state index is 11.9. The zero-order valence-electron chi connectivity index (χ0n) is 13.2. The number of esters is 1. The van der Waals surface area contributed by atoms with Crippen molar-refractivity contribution in [2.45, 2.75) is 19.3 Å². The van der Waals surface area contributed by atoms with Gasteiger partial charge in [0.05, 0.1) is 22.5 Å². The lowest BCUT2D eigenvalue weighted by Gasteiger charge is -2.23. The number of ether oxygens (including phenoxy) is 1. The topological polar surface area (TPSA) is 75.7 Å². The first-order valence-corrected chi connectivity index (χ1v) is 8.28. The number of hydrogen-bond acceptors (Lipinski definition) is 4. The SMILES string of the molecule is CN(CC(=O)Nc1ccc(Cl)c(Cl)c1)C(=O)COC(=O)C1CCC1. The van der Waals surface area contributed by atoms with Gasteiger partial charge >= 0.3 is 5.97 Å². The maximum absolute atomic E-state index is 11.9. The van der Waals surface area contributed by atoms with E-state index in [0.29, 0.717) is 15.7 Å². The molecule has 0 aromatic heterocycles. The molecular formula is C16H18Cl2N2O4. The van der Waals surface area contributed by atoms with E-state index in [1.165, 1.54) is 18.0 Å². The second-order valence-electron chi connectivity index (χ2n) is 5.66. The average Bonchev–Trinajstić information content (AvgIpc) is 2.46. The molecule has 0 spiro atoms. The molecule has 6 nitrogen and oxygen atoms in total. The van der Waals surface area contributed by atoms with Crippen LogP contribution in [0.4, 0.5) is 5.69 Å². The van der Waals surface area contributed by atoms with Crippen molar-refractivity contribution in [3.8, 4) is 0 Å². The van der Waals surface area contributed by atoms with E-state index in [1.54, 1.807) is 12.1 Å². The minimum atomic E-state index is -0.438. The Morgan fingerprint density at radius 2 is 1.96 bits per heavy atom. The molecular weight excluding hydrogens is 355 g/mol. The lowest BCUT2D eigenvalue weighted by Crippen LogP contribution is -2.38. The Morgan fingerprint density at radius 1 is 1.25 bits per heavy atom. The molecule has 130 valence electrons. The number of amides is 2. The van der Waals surface area contributed by atoms with Crippen molar-refractivity contribution in [1.29, 1.82) is 0 Å². The summed E-state index contributed by atoms with van der Waals surface area (Å²) < 4.78 is 4.96. The summed E-state index contributed by atoms with van der Waals surface area (Å²) in [5.41, 5.74) is 0.478. The first kappa shape index (κ1) is 18.5. The minimum Gasteiger partial charge on any atom is -0.455 e. The van der Waals surface area contributed by atoms with Crippen LogP contribution < -0.4 is 5.32 Å². The number of likely N-dealkylation sites (N-methyl/N-ethyl adjacent to an activating group) is 1. The van der Waals surface area contributed by atoms with Gasteiger partial charge in [-0.2, -0.15) is 0 Å². The quantitative estimate of drug-likeness (QED) is 0.778. The number of nitrogens with one attached hydrogen (secondary N) is 1. The van der Waals surface area contributed by atoms with Crippen LogP contribution in [0.2, 0.25) is 10.0 Å². The minimum absolute atomic E-state index is 0.0824. The van der Waals surface area contributed by atoms with Crippen molar-refractivity contribution in [3.05, 3.63) is 28.2 Å². The molecule has 8 heteroatoms. The zero-order valence-corrected chi connectivity index (χ0v) is 14.7. The van der Waals surface area contributed by atoms with Crippen LogP contribution in [0.25, 0.3) is 0 Å². The van der Waals surface area contributed by atoms with Crippen LogP contribution in [0, 0.1) is 5.92 Å². The number of anilines is 1. The molecule has 24 heavy (non-hydrogen) atoms. The van der Waals surface area contributed by atoms with Gasteiger partial charge in [-0.15, -0.1) is 0 Å². The number of carbonyl (C=O) groups excluding carboxylic acids is 3. The van der Waals surface area contributed by atoms with Crippen LogP contribution in [0.1, 0.15) is 19.3 Å². The molecule has 2 rings (SSSR count). The third-order valence-electron chi connectivity index (χ3n) is 3.79. The summed E-state index contributed by atoms with van der Waals surface area (Å²) in [6.45, 7) is -0.522. The lowest BCUT2D eigenvalue weighted by atomic mass is 9.86. The molecule has 1 fully saturated rings. The number of benzene rings is 1. The normalized spacial score (nSPS) is 13.8. The lowest BCUT2D eigenvalue weighted by molar-refractivity contribution is -0.157. The highest BCUT2D eigenvalue weighted by Crippen LogP contribution is 2.27. The molecule has 0 radical (unpaired) electrons. The molecule has 1 aliphatic carbocycles. The van der Waals surface area contributed by atoms with Gasteiger partial charge in [-0.05, 0) is 31.0 Å². The first-order valence-electron chi connectivity index (χ1n) is 7.52. The summed E-state index contributed by atoms with van der Waals surface area (Å²) in [6.07, 6.45) is 2.65. The van der Waals surface area contributed by atoms with Gasteiger partial charge in [-0.3, -0.25) is 14.4 Å². The van der Waals surface area contributed by atoms with Crippen LogP contribution in [0.5, 0.6) is 0 Å². The summed E-state index contributed by atoms with van der Waals surface area (Å²) in [4.78, 5) is 36.6. The summed E-state index contributed by atoms with van der Waals surface area (Å²) >= 11 is 11.7. The molecule has 1 N–H and O–H groups in total. The Bertz CT molecular complexity index is 647. The van der Waals surface area contributed by atoms with E-state index in [0.717, 1.165) is 19.3 Å². The highest BCUT2D eigenvalue weighted by Gasteiger charge is 2.27. The van der Waals surface area contributed by atoms with E-state index in [9.17, 15) is 14.4 Å². The smallest absolute Gasteiger partial charge is 0.309 e. The van der Waals surface area contributed by atoms with Gasteiger partial charge in [-0.25, -0.2) is 0 Å². The molecule has 0 bridgehead atoms. The van der Waals surface area contributed by atoms with Crippen molar-refractivity contribution in [2.75, 3.05) is 25.5 Å². The number of hydrogen-bond donors (Lipinski definition) is 1. The molecule has 1 aromatic rings. The average molecular weight is 373 g/mol. The van der Waals surface area contributed by atoms with E-state index in [-0.39, 0.29) is 25.0 Å². The Labute approximate surface area is 150 Å². The highest BCUT2D eigenvalue weighted by molar-refractivity contribution is 6.42. The molecule has 1 aromatic carbocycles. The molecule has 2 amide bonds. The predicted molar refractivity (Wildman–Crippen MR) is 91.0 cm³/mol.